The monoisotopic (exact) mass is 393 g/mol. The summed E-state index contributed by atoms with van der Waals surface area (Å²) in [5.74, 6) is -1.48. The van der Waals surface area contributed by atoms with Crippen molar-refractivity contribution in [2.75, 3.05) is 6.54 Å². The lowest BCUT2D eigenvalue weighted by Gasteiger charge is -2.04. The summed E-state index contributed by atoms with van der Waals surface area (Å²) in [7, 11) is 0. The number of carbonyl (C=O) groups excluding carboxylic acids is 2. The van der Waals surface area contributed by atoms with Gasteiger partial charge in [0.25, 0.3) is 11.8 Å². The van der Waals surface area contributed by atoms with E-state index in [4.69, 9.17) is 0 Å². The minimum absolute atomic E-state index is 0.0146. The van der Waals surface area contributed by atoms with Gasteiger partial charge >= 0.3 is 0 Å². The Morgan fingerprint density at radius 3 is 2.62 bits per heavy atom. The summed E-state index contributed by atoms with van der Waals surface area (Å²) in [6, 6.07) is 9.72. The highest BCUT2D eigenvalue weighted by molar-refractivity contribution is 9.10. The molecule has 2 aromatic rings. The van der Waals surface area contributed by atoms with E-state index in [2.05, 4.69) is 31.8 Å². The van der Waals surface area contributed by atoms with Crippen LogP contribution in [0.1, 0.15) is 15.9 Å². The van der Waals surface area contributed by atoms with E-state index in [0.717, 1.165) is 16.6 Å². The van der Waals surface area contributed by atoms with Gasteiger partial charge in [0.05, 0.1) is 12.8 Å². The molecular formula is C16H13BrFN3O3. The number of phenols is 1. The lowest BCUT2D eigenvalue weighted by atomic mass is 10.2. The Morgan fingerprint density at radius 1 is 1.21 bits per heavy atom. The number of nitrogens with one attached hydrogen (secondary N) is 2. The fourth-order valence-electron chi connectivity index (χ4n) is 1.71. The molecule has 0 fully saturated rings. The number of rotatable bonds is 5. The first-order valence-electron chi connectivity index (χ1n) is 6.80. The van der Waals surface area contributed by atoms with E-state index in [1.807, 2.05) is 0 Å². The highest BCUT2D eigenvalue weighted by Crippen LogP contribution is 2.19. The Hall–Kier alpha value is -2.74. The summed E-state index contributed by atoms with van der Waals surface area (Å²) in [5.41, 5.74) is 2.88. The van der Waals surface area contributed by atoms with Crippen LogP contribution in [0.25, 0.3) is 0 Å². The van der Waals surface area contributed by atoms with E-state index in [-0.39, 0.29) is 17.9 Å². The number of hydrazone groups is 1. The van der Waals surface area contributed by atoms with E-state index < -0.39 is 17.6 Å². The van der Waals surface area contributed by atoms with Gasteiger partial charge in [0.15, 0.2) is 0 Å². The van der Waals surface area contributed by atoms with Gasteiger partial charge in [0.2, 0.25) is 0 Å². The van der Waals surface area contributed by atoms with Crippen molar-refractivity contribution < 1.29 is 19.1 Å². The second-order valence-corrected chi connectivity index (χ2v) is 5.60. The number of amides is 2. The molecular weight excluding hydrogens is 381 g/mol. The van der Waals surface area contributed by atoms with Crippen LogP contribution in [-0.4, -0.2) is 29.7 Å². The van der Waals surface area contributed by atoms with Gasteiger partial charge in [-0.25, -0.2) is 9.82 Å². The number of benzene rings is 2. The molecule has 0 aliphatic heterocycles. The zero-order valence-electron chi connectivity index (χ0n) is 12.3. The number of nitrogens with zero attached hydrogens (tertiary/aromatic N) is 1. The number of phenolic OH excluding ortho intramolecular Hbond substituents is 1. The first-order chi connectivity index (χ1) is 11.5. The molecule has 2 aromatic carbocycles. The highest BCUT2D eigenvalue weighted by Gasteiger charge is 2.07. The molecule has 0 aliphatic carbocycles. The van der Waals surface area contributed by atoms with Crippen molar-refractivity contribution >= 4 is 34.0 Å². The Balaban J connectivity index is 1.83. The molecule has 0 bridgehead atoms. The van der Waals surface area contributed by atoms with E-state index in [9.17, 15) is 19.1 Å². The van der Waals surface area contributed by atoms with Crippen molar-refractivity contribution in [2.24, 2.45) is 5.10 Å². The van der Waals surface area contributed by atoms with Crippen LogP contribution in [0.3, 0.4) is 0 Å². The van der Waals surface area contributed by atoms with Gasteiger partial charge < -0.3 is 10.4 Å². The number of aromatic hydroxyl groups is 1. The van der Waals surface area contributed by atoms with Crippen LogP contribution in [0.15, 0.2) is 52.0 Å². The lowest BCUT2D eigenvalue weighted by Crippen LogP contribution is -2.34. The number of halogens is 2. The maximum atomic E-state index is 12.8. The van der Waals surface area contributed by atoms with Crippen LogP contribution in [-0.2, 0) is 4.79 Å². The molecule has 2 amide bonds. The number of hydrogen-bond donors (Lipinski definition) is 3. The van der Waals surface area contributed by atoms with Crippen molar-refractivity contribution in [3.8, 4) is 5.75 Å². The summed E-state index contributed by atoms with van der Waals surface area (Å²) in [6.45, 7) is -0.294. The molecule has 0 unspecified atom stereocenters. The Bertz CT molecular complexity index is 779. The molecule has 8 heteroatoms. The van der Waals surface area contributed by atoms with Gasteiger partial charge in [-0.2, -0.15) is 5.10 Å². The van der Waals surface area contributed by atoms with Crippen molar-refractivity contribution in [1.82, 2.24) is 10.7 Å². The molecule has 6 nitrogen and oxygen atoms in total. The van der Waals surface area contributed by atoms with Gasteiger partial charge in [-0.1, -0.05) is 15.9 Å². The second kappa shape index (κ2) is 8.21. The third kappa shape index (κ3) is 5.17. The number of carbonyl (C=O) groups is 2. The SMILES string of the molecule is O=C(CNC(=O)c1ccc(F)cc1)N/N=C/c1cc(Br)ccc1O. The third-order valence-electron chi connectivity index (χ3n) is 2.90. The summed E-state index contributed by atoms with van der Waals surface area (Å²) < 4.78 is 13.5. The zero-order valence-corrected chi connectivity index (χ0v) is 13.9. The molecule has 0 saturated carbocycles. The van der Waals surface area contributed by atoms with Gasteiger partial charge in [-0.15, -0.1) is 0 Å². The van der Waals surface area contributed by atoms with Gasteiger partial charge in [-0.05, 0) is 42.5 Å². The largest absolute Gasteiger partial charge is 0.507 e. The van der Waals surface area contributed by atoms with E-state index in [1.54, 1.807) is 12.1 Å². The normalized spacial score (nSPS) is 10.6. The Kier molecular flexibility index (Phi) is 6.02. The van der Waals surface area contributed by atoms with Crippen molar-refractivity contribution in [1.29, 1.82) is 0 Å². The quantitative estimate of drug-likeness (QED) is 0.536. The fourth-order valence-corrected chi connectivity index (χ4v) is 2.08. The molecule has 2 rings (SSSR count). The molecule has 24 heavy (non-hydrogen) atoms. The van der Waals surface area contributed by atoms with Gasteiger partial charge in [0.1, 0.15) is 11.6 Å². The smallest absolute Gasteiger partial charge is 0.259 e. The molecule has 124 valence electrons. The van der Waals surface area contributed by atoms with Crippen molar-refractivity contribution in [3.63, 3.8) is 0 Å². The maximum Gasteiger partial charge on any atom is 0.259 e. The molecule has 0 spiro atoms. The number of hydrogen-bond acceptors (Lipinski definition) is 4. The van der Waals surface area contributed by atoms with Crippen LogP contribution in [0.5, 0.6) is 5.75 Å². The van der Waals surface area contributed by atoms with E-state index in [0.29, 0.717) is 5.56 Å². The Labute approximate surface area is 145 Å². The first kappa shape index (κ1) is 17.6. The highest BCUT2D eigenvalue weighted by atomic mass is 79.9. The summed E-state index contributed by atoms with van der Waals surface area (Å²) >= 11 is 3.25. The van der Waals surface area contributed by atoms with E-state index >= 15 is 0 Å². The third-order valence-corrected chi connectivity index (χ3v) is 3.39. The van der Waals surface area contributed by atoms with Crippen molar-refractivity contribution in [3.05, 3.63) is 63.9 Å². The average molecular weight is 394 g/mol. The minimum Gasteiger partial charge on any atom is -0.507 e. The Morgan fingerprint density at radius 2 is 1.92 bits per heavy atom. The lowest BCUT2D eigenvalue weighted by molar-refractivity contribution is -0.120. The predicted molar refractivity (Wildman–Crippen MR) is 90.3 cm³/mol. The minimum atomic E-state index is -0.545. The summed E-state index contributed by atoms with van der Waals surface area (Å²) in [5, 5.41) is 15.7. The molecule has 0 radical (unpaired) electrons. The summed E-state index contributed by atoms with van der Waals surface area (Å²) in [6.07, 6.45) is 1.28. The fraction of sp³-hybridized carbons (Fsp3) is 0.0625. The van der Waals surface area contributed by atoms with Crippen LogP contribution in [0, 0.1) is 5.82 Å². The van der Waals surface area contributed by atoms with Crippen LogP contribution in [0.2, 0.25) is 0 Å². The van der Waals surface area contributed by atoms with E-state index in [1.165, 1.54) is 24.4 Å². The van der Waals surface area contributed by atoms with Gasteiger partial charge in [0, 0.05) is 15.6 Å². The maximum absolute atomic E-state index is 12.8. The van der Waals surface area contributed by atoms with Crippen LogP contribution >= 0.6 is 15.9 Å². The topological polar surface area (TPSA) is 90.8 Å². The standard InChI is InChI=1S/C16H13BrFN3O3/c17-12-3-6-14(22)11(7-12)8-20-21-15(23)9-19-16(24)10-1-4-13(18)5-2-10/h1-8,22H,9H2,(H,19,24)(H,21,23)/b20-8+. The first-order valence-corrected chi connectivity index (χ1v) is 7.59. The zero-order chi connectivity index (χ0) is 17.5. The van der Waals surface area contributed by atoms with Crippen molar-refractivity contribution in [2.45, 2.75) is 0 Å². The second-order valence-electron chi connectivity index (χ2n) is 4.69. The average Bonchev–Trinajstić information content (AvgIpc) is 2.56. The molecule has 0 aromatic heterocycles. The van der Waals surface area contributed by atoms with Gasteiger partial charge in [-0.3, -0.25) is 9.59 Å². The molecule has 0 aliphatic rings. The predicted octanol–water partition coefficient (Wildman–Crippen LogP) is 2.17. The molecule has 0 atom stereocenters. The molecule has 0 heterocycles. The van der Waals surface area contributed by atoms with Crippen LogP contribution in [0.4, 0.5) is 4.39 Å². The van der Waals surface area contributed by atoms with Crippen LogP contribution < -0.4 is 10.7 Å². The summed E-state index contributed by atoms with van der Waals surface area (Å²) in [4.78, 5) is 23.4. The molecule has 3 N–H and O–H groups in total. The molecule has 0 saturated heterocycles.